The van der Waals surface area contributed by atoms with Crippen molar-refractivity contribution in [2.75, 3.05) is 32.7 Å². The van der Waals surface area contributed by atoms with Crippen molar-refractivity contribution in [2.24, 2.45) is 0 Å². The first kappa shape index (κ1) is 29.4. The quantitative estimate of drug-likeness (QED) is 0.113. The summed E-state index contributed by atoms with van der Waals surface area (Å²) >= 11 is 0. The first-order valence-electron chi connectivity index (χ1n) is 13.8. The molecule has 0 aliphatic carbocycles. The second-order valence-electron chi connectivity index (χ2n) is 9.29. The molecule has 1 unspecified atom stereocenters. The Morgan fingerprint density at radius 1 is 0.650 bits per heavy atom. The van der Waals surface area contributed by atoms with Crippen molar-refractivity contribution in [3.05, 3.63) is 120 Å². The molecule has 0 heterocycles. The van der Waals surface area contributed by atoms with E-state index in [0.717, 1.165) is 43.0 Å². The zero-order chi connectivity index (χ0) is 27.9. The number of ether oxygens (including phenoxy) is 3. The molecule has 1 atom stereocenters. The average molecular weight is 560 g/mol. The van der Waals surface area contributed by atoms with Crippen LogP contribution in [0.15, 0.2) is 109 Å². The van der Waals surface area contributed by atoms with Crippen LogP contribution < -0.4 is 24.8 Å². The highest BCUT2D eigenvalue weighted by molar-refractivity contribution is 7.66. The van der Waals surface area contributed by atoms with Crippen LogP contribution in [0.2, 0.25) is 0 Å². The van der Waals surface area contributed by atoms with Gasteiger partial charge in [-0.1, -0.05) is 60.7 Å². The monoisotopic (exact) mass is 559 g/mol. The highest BCUT2D eigenvalue weighted by Crippen LogP contribution is 2.45. The summed E-state index contributed by atoms with van der Waals surface area (Å²) in [4.78, 5) is 0. The van der Waals surface area contributed by atoms with Gasteiger partial charge in [0.1, 0.15) is 23.9 Å². The van der Waals surface area contributed by atoms with E-state index in [1.807, 2.05) is 104 Å². The number of benzene rings is 4. The van der Waals surface area contributed by atoms with Crippen LogP contribution in [0, 0.1) is 0 Å². The lowest BCUT2D eigenvalue weighted by molar-refractivity contribution is 0.298. The molecule has 0 fully saturated rings. The van der Waals surface area contributed by atoms with Crippen molar-refractivity contribution in [3.8, 4) is 17.2 Å². The maximum absolute atomic E-state index is 13.3. The van der Waals surface area contributed by atoms with Crippen LogP contribution in [0.1, 0.15) is 24.5 Å². The third-order valence-corrected chi connectivity index (χ3v) is 8.47. The fourth-order valence-corrected chi connectivity index (χ4v) is 5.81. The third kappa shape index (κ3) is 9.56. The second kappa shape index (κ2) is 15.9. The van der Waals surface area contributed by atoms with Crippen LogP contribution in [0.25, 0.3) is 0 Å². The van der Waals surface area contributed by atoms with Gasteiger partial charge in [-0.3, -0.25) is 4.57 Å². The maximum atomic E-state index is 13.3. The van der Waals surface area contributed by atoms with Gasteiger partial charge in [0.05, 0.1) is 13.2 Å². The molecule has 210 valence electrons. The SMILES string of the molecule is CCOP(=O)(COc1ccc(CCNCCCOc2ccc(OCc3ccccc3)cc2)cc1)c1ccccc1. The normalized spacial score (nSPS) is 12.4. The molecule has 0 saturated heterocycles. The van der Waals surface area contributed by atoms with Gasteiger partial charge >= 0.3 is 0 Å². The molecule has 40 heavy (non-hydrogen) atoms. The number of hydrogen-bond acceptors (Lipinski definition) is 6. The molecule has 0 bridgehead atoms. The molecule has 0 aromatic heterocycles. The lowest BCUT2D eigenvalue weighted by Crippen LogP contribution is -2.20. The van der Waals surface area contributed by atoms with E-state index in [-0.39, 0.29) is 6.35 Å². The molecule has 4 rings (SSSR count). The van der Waals surface area contributed by atoms with Crippen molar-refractivity contribution in [3.63, 3.8) is 0 Å². The molecule has 7 heteroatoms. The largest absolute Gasteiger partial charge is 0.494 e. The Bertz CT molecular complexity index is 1300. The molecule has 0 radical (unpaired) electrons. The Kier molecular flexibility index (Phi) is 11.7. The van der Waals surface area contributed by atoms with Crippen LogP contribution in [0.5, 0.6) is 17.2 Å². The topological polar surface area (TPSA) is 66.0 Å². The Balaban J connectivity index is 1.08. The first-order valence-corrected chi connectivity index (χ1v) is 15.6. The molecular weight excluding hydrogens is 521 g/mol. The van der Waals surface area contributed by atoms with E-state index in [4.69, 9.17) is 18.7 Å². The van der Waals surface area contributed by atoms with Gasteiger partial charge in [-0.2, -0.15) is 0 Å². The third-order valence-electron chi connectivity index (χ3n) is 6.24. The Morgan fingerprint density at radius 2 is 1.25 bits per heavy atom. The summed E-state index contributed by atoms with van der Waals surface area (Å²) in [6.07, 6.45) is 1.84. The predicted octanol–water partition coefficient (Wildman–Crippen LogP) is 6.84. The summed E-state index contributed by atoms with van der Waals surface area (Å²) in [7, 11) is -3.06. The fourth-order valence-electron chi connectivity index (χ4n) is 4.08. The van der Waals surface area contributed by atoms with E-state index in [9.17, 15) is 4.57 Å². The summed E-state index contributed by atoms with van der Waals surface area (Å²) in [6, 6.07) is 35.1. The molecule has 0 aliphatic heterocycles. The smallest absolute Gasteiger partial charge is 0.268 e. The van der Waals surface area contributed by atoms with Crippen molar-refractivity contribution in [1.29, 1.82) is 0 Å². The van der Waals surface area contributed by atoms with E-state index >= 15 is 0 Å². The van der Waals surface area contributed by atoms with Crippen molar-refractivity contribution in [1.82, 2.24) is 5.32 Å². The summed E-state index contributed by atoms with van der Waals surface area (Å²) in [5.41, 5.74) is 2.35. The van der Waals surface area contributed by atoms with Gasteiger partial charge in [0.2, 0.25) is 0 Å². The van der Waals surface area contributed by atoms with Crippen LogP contribution in [-0.2, 0) is 22.1 Å². The van der Waals surface area contributed by atoms with Crippen LogP contribution in [-0.4, -0.2) is 32.7 Å². The van der Waals surface area contributed by atoms with Gasteiger partial charge < -0.3 is 24.1 Å². The highest BCUT2D eigenvalue weighted by Gasteiger charge is 2.26. The minimum atomic E-state index is -3.06. The lowest BCUT2D eigenvalue weighted by atomic mass is 10.1. The van der Waals surface area contributed by atoms with Crippen molar-refractivity contribution in [2.45, 2.75) is 26.4 Å². The van der Waals surface area contributed by atoms with Gasteiger partial charge in [0.15, 0.2) is 6.35 Å². The van der Waals surface area contributed by atoms with Crippen LogP contribution in [0.4, 0.5) is 0 Å². The van der Waals surface area contributed by atoms with Gasteiger partial charge in [0, 0.05) is 5.30 Å². The Labute approximate surface area is 237 Å². The number of nitrogens with one attached hydrogen (secondary N) is 1. The van der Waals surface area contributed by atoms with Gasteiger partial charge in [-0.25, -0.2) is 0 Å². The molecular formula is C33H38NO5P. The molecule has 4 aromatic rings. The lowest BCUT2D eigenvalue weighted by Gasteiger charge is -2.18. The highest BCUT2D eigenvalue weighted by atomic mass is 31.2. The second-order valence-corrected chi connectivity index (χ2v) is 11.7. The summed E-state index contributed by atoms with van der Waals surface area (Å²) < 4.78 is 36.4. The summed E-state index contributed by atoms with van der Waals surface area (Å²) in [5.74, 6) is 2.35. The summed E-state index contributed by atoms with van der Waals surface area (Å²) in [6.45, 7) is 5.17. The van der Waals surface area contributed by atoms with E-state index in [2.05, 4.69) is 17.4 Å². The summed E-state index contributed by atoms with van der Waals surface area (Å²) in [5, 5.41) is 4.14. The molecule has 1 N–H and O–H groups in total. The predicted molar refractivity (Wildman–Crippen MR) is 161 cm³/mol. The average Bonchev–Trinajstić information content (AvgIpc) is 3.01. The molecule has 4 aromatic carbocycles. The van der Waals surface area contributed by atoms with E-state index in [1.54, 1.807) is 0 Å². The van der Waals surface area contributed by atoms with Crippen LogP contribution >= 0.6 is 7.37 Å². The molecule has 0 amide bonds. The van der Waals surface area contributed by atoms with Gasteiger partial charge in [0.25, 0.3) is 7.37 Å². The Morgan fingerprint density at radius 3 is 1.93 bits per heavy atom. The van der Waals surface area contributed by atoms with Gasteiger partial charge in [-0.05, 0) is 92.5 Å². The van der Waals surface area contributed by atoms with E-state index in [1.165, 1.54) is 5.56 Å². The fraction of sp³-hybridized carbons (Fsp3) is 0.273. The zero-order valence-electron chi connectivity index (χ0n) is 23.0. The minimum absolute atomic E-state index is 0.0139. The first-order chi connectivity index (χ1) is 19.6. The van der Waals surface area contributed by atoms with E-state index in [0.29, 0.717) is 30.9 Å². The van der Waals surface area contributed by atoms with Crippen molar-refractivity contribution < 1.29 is 23.3 Å². The minimum Gasteiger partial charge on any atom is -0.494 e. The maximum Gasteiger partial charge on any atom is 0.268 e. The molecule has 0 aliphatic rings. The Hall–Kier alpha value is -3.57. The molecule has 0 saturated carbocycles. The van der Waals surface area contributed by atoms with Crippen LogP contribution in [0.3, 0.4) is 0 Å². The van der Waals surface area contributed by atoms with Gasteiger partial charge in [-0.15, -0.1) is 0 Å². The standard InChI is InChI=1S/C33H38NO5P/c1-2-39-40(35,33-12-7-4-8-13-33)27-38-32-16-14-28(15-17-32)22-24-34-23-9-25-36-30-18-20-31(21-19-30)37-26-29-10-5-3-6-11-29/h3-8,10-21,34H,2,9,22-27H2,1H3. The van der Waals surface area contributed by atoms with E-state index < -0.39 is 7.37 Å². The van der Waals surface area contributed by atoms with Crippen molar-refractivity contribution >= 4 is 12.7 Å². The zero-order valence-corrected chi connectivity index (χ0v) is 23.9. The number of rotatable bonds is 17. The molecule has 6 nitrogen and oxygen atoms in total. The molecule has 0 spiro atoms. The number of hydrogen-bond donors (Lipinski definition) is 1.